The second kappa shape index (κ2) is 10.0. The molecule has 1 aromatic heterocycles. The molecule has 0 N–H and O–H groups in total. The molecule has 1 aromatic carbocycles. The van der Waals surface area contributed by atoms with Gasteiger partial charge in [-0.25, -0.2) is 9.78 Å². The minimum absolute atomic E-state index is 0.122. The van der Waals surface area contributed by atoms with Crippen LogP contribution in [0.2, 0.25) is 0 Å². The summed E-state index contributed by atoms with van der Waals surface area (Å²) in [4.78, 5) is 35.8. The average molecular weight is 457 g/mol. The molecule has 2 aliphatic heterocycles. The molecule has 4 rings (SSSR count). The van der Waals surface area contributed by atoms with E-state index in [1.165, 1.54) is 5.56 Å². The molecule has 2 aliphatic rings. The molecule has 0 bridgehead atoms. The van der Waals surface area contributed by atoms with Gasteiger partial charge in [0.05, 0.1) is 23.9 Å². The Morgan fingerprint density at radius 1 is 1.16 bits per heavy atom. The molecule has 1 saturated heterocycles. The maximum Gasteiger partial charge on any atom is 0.409 e. The van der Waals surface area contributed by atoms with Crippen molar-refractivity contribution in [2.24, 2.45) is 5.92 Å². The minimum atomic E-state index is -0.244. The summed E-state index contributed by atoms with van der Waals surface area (Å²) in [6, 6.07) is 6.29. The topological polar surface area (TPSA) is 66.0 Å². The molecule has 8 heteroatoms. The first-order valence-electron chi connectivity index (χ1n) is 11.4. The summed E-state index contributed by atoms with van der Waals surface area (Å²) in [7, 11) is 0. The van der Waals surface area contributed by atoms with E-state index < -0.39 is 0 Å². The van der Waals surface area contributed by atoms with E-state index in [4.69, 9.17) is 4.74 Å². The quantitative estimate of drug-likeness (QED) is 0.685. The highest BCUT2D eigenvalue weighted by atomic mass is 32.1. The average Bonchev–Trinajstić information content (AvgIpc) is 3.32. The minimum Gasteiger partial charge on any atom is -0.449 e. The fourth-order valence-corrected chi connectivity index (χ4v) is 4.86. The van der Waals surface area contributed by atoms with Gasteiger partial charge in [-0.3, -0.25) is 9.69 Å². The SMILES string of the molecule is Cc1nc(-c2ccc3c(c2)CCN3C(=O)CN2CCCN(C(=O)OCC(C)C)CC2)cs1. The number of nitrogens with zero attached hydrogens (tertiary/aromatic N) is 4. The van der Waals surface area contributed by atoms with Crippen molar-refractivity contribution >= 4 is 29.0 Å². The van der Waals surface area contributed by atoms with Gasteiger partial charge in [0.1, 0.15) is 0 Å². The molecule has 0 saturated carbocycles. The van der Waals surface area contributed by atoms with Crippen molar-refractivity contribution in [1.82, 2.24) is 14.8 Å². The number of carbonyl (C=O) groups is 2. The van der Waals surface area contributed by atoms with E-state index in [-0.39, 0.29) is 12.0 Å². The molecule has 32 heavy (non-hydrogen) atoms. The highest BCUT2D eigenvalue weighted by Crippen LogP contribution is 2.33. The Morgan fingerprint density at radius 2 is 2.00 bits per heavy atom. The molecular formula is C24H32N4O3S. The number of aromatic nitrogens is 1. The third-order valence-electron chi connectivity index (χ3n) is 5.94. The Hall–Kier alpha value is -2.45. The van der Waals surface area contributed by atoms with Crippen LogP contribution in [-0.4, -0.2) is 72.7 Å². The van der Waals surface area contributed by atoms with Crippen LogP contribution >= 0.6 is 11.3 Å². The zero-order valence-electron chi connectivity index (χ0n) is 19.2. The lowest BCUT2D eigenvalue weighted by atomic mass is 10.1. The Balaban J connectivity index is 1.34. The largest absolute Gasteiger partial charge is 0.449 e. The Kier molecular flexibility index (Phi) is 7.10. The van der Waals surface area contributed by atoms with Crippen LogP contribution in [0, 0.1) is 12.8 Å². The number of amides is 2. The number of aryl methyl sites for hydroxylation is 1. The number of fused-ring (bicyclic) bond motifs is 1. The zero-order chi connectivity index (χ0) is 22.7. The van der Waals surface area contributed by atoms with E-state index in [0.29, 0.717) is 38.7 Å². The molecule has 0 radical (unpaired) electrons. The van der Waals surface area contributed by atoms with Crippen molar-refractivity contribution in [2.45, 2.75) is 33.6 Å². The lowest BCUT2D eigenvalue weighted by Crippen LogP contribution is -2.41. The van der Waals surface area contributed by atoms with Gasteiger partial charge in [-0.1, -0.05) is 19.9 Å². The van der Waals surface area contributed by atoms with Crippen LogP contribution in [0.4, 0.5) is 10.5 Å². The van der Waals surface area contributed by atoms with Crippen molar-refractivity contribution in [3.05, 3.63) is 34.2 Å². The number of rotatable bonds is 5. The van der Waals surface area contributed by atoms with Crippen molar-refractivity contribution < 1.29 is 14.3 Å². The van der Waals surface area contributed by atoms with Crippen LogP contribution in [0.15, 0.2) is 23.6 Å². The molecule has 3 heterocycles. The Bertz CT molecular complexity index is 974. The predicted molar refractivity (Wildman–Crippen MR) is 127 cm³/mol. The number of thiazole rings is 1. The molecule has 7 nitrogen and oxygen atoms in total. The fourth-order valence-electron chi connectivity index (χ4n) is 4.23. The second-order valence-corrected chi connectivity index (χ2v) is 10.0. The first-order valence-corrected chi connectivity index (χ1v) is 12.3. The number of benzene rings is 1. The Morgan fingerprint density at radius 3 is 2.75 bits per heavy atom. The first kappa shape index (κ1) is 22.7. The van der Waals surface area contributed by atoms with Crippen LogP contribution in [0.3, 0.4) is 0 Å². The van der Waals surface area contributed by atoms with E-state index >= 15 is 0 Å². The molecule has 0 spiro atoms. The number of ether oxygens (including phenoxy) is 1. The van der Waals surface area contributed by atoms with E-state index in [2.05, 4.69) is 33.5 Å². The number of hydrogen-bond acceptors (Lipinski definition) is 6. The monoisotopic (exact) mass is 456 g/mol. The molecule has 0 atom stereocenters. The van der Waals surface area contributed by atoms with Crippen LogP contribution in [0.1, 0.15) is 30.8 Å². The molecule has 172 valence electrons. The number of hydrogen-bond donors (Lipinski definition) is 0. The van der Waals surface area contributed by atoms with E-state index in [1.807, 2.05) is 25.7 Å². The van der Waals surface area contributed by atoms with Crippen molar-refractivity contribution in [2.75, 3.05) is 50.8 Å². The van der Waals surface area contributed by atoms with Crippen LogP contribution < -0.4 is 4.90 Å². The smallest absolute Gasteiger partial charge is 0.409 e. The van der Waals surface area contributed by atoms with Gasteiger partial charge in [0.25, 0.3) is 0 Å². The molecule has 0 unspecified atom stereocenters. The summed E-state index contributed by atoms with van der Waals surface area (Å²) in [6.07, 6.45) is 1.47. The van der Waals surface area contributed by atoms with Gasteiger partial charge in [-0.15, -0.1) is 11.3 Å². The normalized spacial score (nSPS) is 16.9. The van der Waals surface area contributed by atoms with E-state index in [9.17, 15) is 9.59 Å². The summed E-state index contributed by atoms with van der Waals surface area (Å²) in [5.74, 6) is 0.446. The number of carbonyl (C=O) groups excluding carboxylic acids is 2. The molecule has 1 fully saturated rings. The Labute approximate surface area is 194 Å². The molecule has 2 amide bonds. The lowest BCUT2D eigenvalue weighted by molar-refractivity contribution is -0.119. The first-order chi connectivity index (χ1) is 15.4. The van der Waals surface area contributed by atoms with Gasteiger partial charge in [-0.2, -0.15) is 0 Å². The third-order valence-corrected chi connectivity index (χ3v) is 6.71. The van der Waals surface area contributed by atoms with E-state index in [0.717, 1.165) is 47.9 Å². The summed E-state index contributed by atoms with van der Waals surface area (Å²) < 4.78 is 5.37. The number of anilines is 1. The molecular weight excluding hydrogens is 424 g/mol. The molecule has 0 aliphatic carbocycles. The van der Waals surface area contributed by atoms with Crippen molar-refractivity contribution in [3.8, 4) is 11.3 Å². The summed E-state index contributed by atoms with van der Waals surface area (Å²) >= 11 is 1.65. The van der Waals surface area contributed by atoms with Crippen molar-refractivity contribution in [1.29, 1.82) is 0 Å². The summed E-state index contributed by atoms with van der Waals surface area (Å²) in [6.45, 7) is 10.4. The lowest BCUT2D eigenvalue weighted by Gasteiger charge is -2.24. The van der Waals surface area contributed by atoms with E-state index in [1.54, 1.807) is 16.2 Å². The van der Waals surface area contributed by atoms with Gasteiger partial charge in [0, 0.05) is 49.4 Å². The maximum absolute atomic E-state index is 13.1. The van der Waals surface area contributed by atoms with Gasteiger partial charge in [0.2, 0.25) is 5.91 Å². The standard InChI is InChI=1S/C24H32N4O3S/c1-17(2)15-31-24(30)27-9-4-8-26(11-12-27)14-23(29)28-10-7-20-13-19(5-6-22(20)28)21-16-32-18(3)25-21/h5-6,13,16-17H,4,7-12,14-15H2,1-3H3. The summed E-state index contributed by atoms with van der Waals surface area (Å²) in [5.41, 5.74) is 4.33. The van der Waals surface area contributed by atoms with Gasteiger partial charge in [-0.05, 0) is 43.4 Å². The molecule has 2 aromatic rings. The highest BCUT2D eigenvalue weighted by Gasteiger charge is 2.28. The predicted octanol–water partition coefficient (Wildman–Crippen LogP) is 3.81. The van der Waals surface area contributed by atoms with Crippen molar-refractivity contribution in [3.63, 3.8) is 0 Å². The zero-order valence-corrected chi connectivity index (χ0v) is 20.0. The third kappa shape index (κ3) is 5.30. The second-order valence-electron chi connectivity index (χ2n) is 8.98. The van der Waals surface area contributed by atoms with Crippen LogP contribution in [0.5, 0.6) is 0 Å². The van der Waals surface area contributed by atoms with Gasteiger partial charge in [0.15, 0.2) is 0 Å². The van der Waals surface area contributed by atoms with Crippen LogP contribution in [0.25, 0.3) is 11.3 Å². The van der Waals surface area contributed by atoms with Gasteiger partial charge >= 0.3 is 6.09 Å². The highest BCUT2D eigenvalue weighted by molar-refractivity contribution is 7.09. The van der Waals surface area contributed by atoms with Crippen LogP contribution in [-0.2, 0) is 16.0 Å². The fraction of sp³-hybridized carbons (Fsp3) is 0.542. The maximum atomic E-state index is 13.1. The summed E-state index contributed by atoms with van der Waals surface area (Å²) in [5, 5.41) is 3.14. The van der Waals surface area contributed by atoms with Gasteiger partial charge < -0.3 is 14.5 Å².